The summed E-state index contributed by atoms with van der Waals surface area (Å²) in [5, 5.41) is 8.47. The molecule has 1 fully saturated rings. The number of nitrogens with two attached hydrogens (primary N) is 1. The highest BCUT2D eigenvalue weighted by atomic mass is 16.4. The number of aliphatic carboxylic acids is 1. The van der Waals surface area contributed by atoms with Gasteiger partial charge < -0.3 is 10.8 Å². The van der Waals surface area contributed by atoms with E-state index in [9.17, 15) is 9.59 Å². The van der Waals surface area contributed by atoms with Crippen LogP contribution < -0.4 is 5.73 Å². The molecule has 2 atom stereocenters. The van der Waals surface area contributed by atoms with Crippen molar-refractivity contribution in [2.75, 3.05) is 0 Å². The van der Waals surface area contributed by atoms with Gasteiger partial charge in [-0.15, -0.1) is 0 Å². The summed E-state index contributed by atoms with van der Waals surface area (Å²) in [6.45, 7) is 0. The van der Waals surface area contributed by atoms with Crippen molar-refractivity contribution in [3.63, 3.8) is 0 Å². The van der Waals surface area contributed by atoms with E-state index in [1.165, 1.54) is 0 Å². The third-order valence-electron chi connectivity index (χ3n) is 1.74. The number of ketones is 1. The molecule has 0 aromatic heterocycles. The minimum absolute atomic E-state index is 0.0418. The third kappa shape index (κ3) is 1.16. The second kappa shape index (κ2) is 2.38. The van der Waals surface area contributed by atoms with Gasteiger partial charge in [-0.3, -0.25) is 9.59 Å². The van der Waals surface area contributed by atoms with Gasteiger partial charge in [-0.2, -0.15) is 0 Å². The number of hydrogen-bond acceptors (Lipinski definition) is 3. The highest BCUT2D eigenvalue weighted by Gasteiger charge is 2.35. The molecule has 2 unspecified atom stereocenters. The summed E-state index contributed by atoms with van der Waals surface area (Å²) in [6.07, 6.45) is 0.327. The summed E-state index contributed by atoms with van der Waals surface area (Å²) in [7, 11) is 0. The van der Waals surface area contributed by atoms with E-state index in [0.29, 0.717) is 0 Å². The number of hydrogen-bond donors (Lipinski definition) is 2. The average molecular weight is 143 g/mol. The van der Waals surface area contributed by atoms with Gasteiger partial charge in [0.2, 0.25) is 0 Å². The van der Waals surface area contributed by atoms with Crippen molar-refractivity contribution in [2.45, 2.75) is 18.9 Å². The summed E-state index contributed by atoms with van der Waals surface area (Å²) in [5.41, 5.74) is 5.37. The van der Waals surface area contributed by atoms with E-state index in [0.717, 1.165) is 0 Å². The molecule has 0 saturated heterocycles. The Balaban J connectivity index is 2.63. The zero-order valence-corrected chi connectivity index (χ0v) is 5.41. The standard InChI is InChI=1S/C6H9NO3/c7-5-2-3(8)1-4(5)6(9)10/h4-5H,1-2,7H2,(H,9,10). The molecule has 0 amide bonds. The van der Waals surface area contributed by atoms with E-state index < -0.39 is 17.9 Å². The molecule has 56 valence electrons. The molecule has 0 heterocycles. The zero-order chi connectivity index (χ0) is 7.72. The molecule has 0 aromatic rings. The van der Waals surface area contributed by atoms with Gasteiger partial charge in [0, 0.05) is 18.9 Å². The second-order valence-corrected chi connectivity index (χ2v) is 2.56. The van der Waals surface area contributed by atoms with Crippen LogP contribution in [-0.2, 0) is 9.59 Å². The summed E-state index contributed by atoms with van der Waals surface area (Å²) in [5.74, 6) is -1.65. The molecule has 1 rings (SSSR count). The molecule has 0 radical (unpaired) electrons. The van der Waals surface area contributed by atoms with E-state index in [2.05, 4.69) is 0 Å². The Morgan fingerprint density at radius 1 is 1.60 bits per heavy atom. The molecule has 1 saturated carbocycles. The Kier molecular flexibility index (Phi) is 1.72. The van der Waals surface area contributed by atoms with Crippen LogP contribution in [0.1, 0.15) is 12.8 Å². The van der Waals surface area contributed by atoms with Crippen LogP contribution in [0.3, 0.4) is 0 Å². The van der Waals surface area contributed by atoms with Gasteiger partial charge >= 0.3 is 5.97 Å². The monoisotopic (exact) mass is 143 g/mol. The van der Waals surface area contributed by atoms with Gasteiger partial charge in [0.15, 0.2) is 0 Å². The predicted octanol–water partition coefficient (Wildman–Crippen LogP) is -0.623. The van der Waals surface area contributed by atoms with Crippen LogP contribution in [0.15, 0.2) is 0 Å². The number of Topliss-reactive ketones (excluding diaryl/α,β-unsaturated/α-hetero) is 1. The molecular weight excluding hydrogens is 134 g/mol. The van der Waals surface area contributed by atoms with Crippen LogP contribution in [-0.4, -0.2) is 22.9 Å². The van der Waals surface area contributed by atoms with Gasteiger partial charge in [0.1, 0.15) is 5.78 Å². The first-order valence-corrected chi connectivity index (χ1v) is 3.11. The Hall–Kier alpha value is -0.900. The molecule has 0 bridgehead atoms. The fourth-order valence-electron chi connectivity index (χ4n) is 1.16. The fourth-order valence-corrected chi connectivity index (χ4v) is 1.16. The molecule has 1 aliphatic carbocycles. The summed E-state index contributed by atoms with van der Waals surface area (Å²) >= 11 is 0. The van der Waals surface area contributed by atoms with Gasteiger partial charge in [-0.05, 0) is 0 Å². The van der Waals surface area contributed by atoms with Crippen molar-refractivity contribution < 1.29 is 14.7 Å². The SMILES string of the molecule is NC1CC(=O)CC1C(=O)O. The van der Waals surface area contributed by atoms with E-state index >= 15 is 0 Å². The van der Waals surface area contributed by atoms with Gasteiger partial charge in [-0.25, -0.2) is 0 Å². The molecule has 4 heteroatoms. The van der Waals surface area contributed by atoms with Gasteiger partial charge in [0.05, 0.1) is 5.92 Å². The number of carbonyl (C=O) groups excluding carboxylic acids is 1. The molecule has 0 spiro atoms. The molecule has 0 aliphatic heterocycles. The number of carboxylic acid groups (broad SMARTS) is 1. The van der Waals surface area contributed by atoms with E-state index in [-0.39, 0.29) is 18.6 Å². The quantitative estimate of drug-likeness (QED) is 0.512. The van der Waals surface area contributed by atoms with Crippen LogP contribution in [0.4, 0.5) is 0 Å². The van der Waals surface area contributed by atoms with Crippen molar-refractivity contribution in [3.05, 3.63) is 0 Å². The summed E-state index contributed by atoms with van der Waals surface area (Å²) in [6, 6.07) is -0.468. The Morgan fingerprint density at radius 2 is 2.20 bits per heavy atom. The van der Waals surface area contributed by atoms with Crippen LogP contribution >= 0.6 is 0 Å². The lowest BCUT2D eigenvalue weighted by molar-refractivity contribution is -0.142. The molecule has 1 aliphatic rings. The van der Waals surface area contributed by atoms with Crippen molar-refractivity contribution in [1.82, 2.24) is 0 Å². The number of carbonyl (C=O) groups is 2. The van der Waals surface area contributed by atoms with E-state index in [4.69, 9.17) is 10.8 Å². The Labute approximate surface area is 58.0 Å². The minimum Gasteiger partial charge on any atom is -0.481 e. The lowest BCUT2D eigenvalue weighted by Gasteiger charge is -2.06. The van der Waals surface area contributed by atoms with Gasteiger partial charge in [0.25, 0.3) is 0 Å². The van der Waals surface area contributed by atoms with E-state index in [1.54, 1.807) is 0 Å². The minimum atomic E-state index is -0.960. The molecule has 3 N–H and O–H groups in total. The maximum absolute atomic E-state index is 10.6. The first-order chi connectivity index (χ1) is 4.61. The topological polar surface area (TPSA) is 80.4 Å². The smallest absolute Gasteiger partial charge is 0.308 e. The predicted molar refractivity (Wildman–Crippen MR) is 33.3 cm³/mol. The largest absolute Gasteiger partial charge is 0.481 e. The Bertz CT molecular complexity index is 178. The highest BCUT2D eigenvalue weighted by Crippen LogP contribution is 2.20. The Morgan fingerprint density at radius 3 is 2.40 bits per heavy atom. The summed E-state index contributed by atoms with van der Waals surface area (Å²) in [4.78, 5) is 21.0. The highest BCUT2D eigenvalue weighted by molar-refractivity contribution is 5.88. The van der Waals surface area contributed by atoms with Crippen LogP contribution in [0.2, 0.25) is 0 Å². The lowest BCUT2D eigenvalue weighted by Crippen LogP contribution is -2.30. The van der Waals surface area contributed by atoms with Crippen molar-refractivity contribution >= 4 is 11.8 Å². The molecule has 10 heavy (non-hydrogen) atoms. The van der Waals surface area contributed by atoms with Crippen molar-refractivity contribution in [2.24, 2.45) is 11.7 Å². The molecular formula is C6H9NO3. The maximum Gasteiger partial charge on any atom is 0.308 e. The normalized spacial score (nSPS) is 32.7. The first kappa shape index (κ1) is 7.21. The third-order valence-corrected chi connectivity index (χ3v) is 1.74. The van der Waals surface area contributed by atoms with Crippen LogP contribution in [0.25, 0.3) is 0 Å². The number of carboxylic acids is 1. The first-order valence-electron chi connectivity index (χ1n) is 3.11. The van der Waals surface area contributed by atoms with E-state index in [1.807, 2.05) is 0 Å². The lowest BCUT2D eigenvalue weighted by atomic mass is 10.1. The molecule has 0 aromatic carbocycles. The van der Waals surface area contributed by atoms with Crippen LogP contribution in [0.5, 0.6) is 0 Å². The second-order valence-electron chi connectivity index (χ2n) is 2.56. The zero-order valence-electron chi connectivity index (χ0n) is 5.41. The summed E-state index contributed by atoms with van der Waals surface area (Å²) < 4.78 is 0. The van der Waals surface area contributed by atoms with Gasteiger partial charge in [-0.1, -0.05) is 0 Å². The number of rotatable bonds is 1. The fraction of sp³-hybridized carbons (Fsp3) is 0.667. The van der Waals surface area contributed by atoms with Crippen LogP contribution in [0, 0.1) is 5.92 Å². The van der Waals surface area contributed by atoms with Crippen molar-refractivity contribution in [3.8, 4) is 0 Å². The molecule has 4 nitrogen and oxygen atoms in total. The average Bonchev–Trinajstić information content (AvgIpc) is 2.10. The van der Waals surface area contributed by atoms with Crippen molar-refractivity contribution in [1.29, 1.82) is 0 Å². The maximum atomic E-state index is 10.6.